The largest absolute Gasteiger partial charge is 0.374 e. The molecule has 4 rings (SSSR count). The van der Waals surface area contributed by atoms with Crippen LogP contribution < -0.4 is 5.32 Å². The molecule has 2 saturated heterocycles. The highest BCUT2D eigenvalue weighted by Crippen LogP contribution is 2.39. The molecular formula is C22H27FN4O3. The van der Waals surface area contributed by atoms with Gasteiger partial charge in [0, 0.05) is 30.5 Å². The number of carbonyl (C=O) groups excluding carboxylic acids is 2. The summed E-state index contributed by atoms with van der Waals surface area (Å²) in [5.74, 6) is -1.26. The standard InChI is InChI=1S/C22H27FN4O3/c1-13-8-14(2)27(25-13)7-6-26(3)22(29)15-9-16(23)11-17(10-15)24-21(28)19-12-18-4-5-20(19)30-18/h8-11,18-20H,4-7,12H2,1-3H3,(H,24,28)/t18-,19+,20+/m0/s1. The molecule has 0 aliphatic carbocycles. The third-order valence-corrected chi connectivity index (χ3v) is 5.95. The molecule has 0 spiro atoms. The first-order valence-corrected chi connectivity index (χ1v) is 10.3. The minimum absolute atomic E-state index is 0.0508. The maximum Gasteiger partial charge on any atom is 0.253 e. The summed E-state index contributed by atoms with van der Waals surface area (Å²) in [5, 5.41) is 7.16. The molecule has 1 aromatic heterocycles. The van der Waals surface area contributed by atoms with Gasteiger partial charge in [-0.1, -0.05) is 0 Å². The van der Waals surface area contributed by atoms with E-state index in [1.54, 1.807) is 7.05 Å². The van der Waals surface area contributed by atoms with Crippen LogP contribution in [0.5, 0.6) is 0 Å². The van der Waals surface area contributed by atoms with Crippen LogP contribution in [0, 0.1) is 25.6 Å². The second kappa shape index (κ2) is 8.18. The smallest absolute Gasteiger partial charge is 0.253 e. The molecule has 160 valence electrons. The summed E-state index contributed by atoms with van der Waals surface area (Å²) < 4.78 is 21.7. The van der Waals surface area contributed by atoms with Crippen molar-refractivity contribution in [2.75, 3.05) is 18.9 Å². The van der Waals surface area contributed by atoms with E-state index in [9.17, 15) is 14.0 Å². The zero-order chi connectivity index (χ0) is 21.4. The number of nitrogens with zero attached hydrogens (tertiary/aromatic N) is 3. The highest BCUT2D eigenvalue weighted by molar-refractivity contribution is 5.98. The fourth-order valence-corrected chi connectivity index (χ4v) is 4.40. The molecule has 7 nitrogen and oxygen atoms in total. The van der Waals surface area contributed by atoms with E-state index in [1.807, 2.05) is 24.6 Å². The molecule has 0 unspecified atom stereocenters. The van der Waals surface area contributed by atoms with Crippen molar-refractivity contribution >= 4 is 17.5 Å². The van der Waals surface area contributed by atoms with Crippen molar-refractivity contribution in [3.8, 4) is 0 Å². The molecule has 30 heavy (non-hydrogen) atoms. The molecule has 8 heteroatoms. The first kappa shape index (κ1) is 20.5. The Balaban J connectivity index is 1.41. The number of hydrogen-bond acceptors (Lipinski definition) is 4. The van der Waals surface area contributed by atoms with Crippen molar-refractivity contribution in [3.05, 3.63) is 47.0 Å². The van der Waals surface area contributed by atoms with Gasteiger partial charge in [-0.25, -0.2) is 4.39 Å². The Kier molecular flexibility index (Phi) is 5.60. The molecule has 2 aliphatic rings. The van der Waals surface area contributed by atoms with Crippen LogP contribution in [-0.2, 0) is 16.1 Å². The Bertz CT molecular complexity index is 973. The molecule has 0 saturated carbocycles. The molecule has 2 aliphatic heterocycles. The molecule has 3 atom stereocenters. The van der Waals surface area contributed by atoms with Crippen LogP contribution in [0.25, 0.3) is 0 Å². The molecule has 1 N–H and O–H groups in total. The van der Waals surface area contributed by atoms with E-state index in [0.29, 0.717) is 19.5 Å². The molecular weight excluding hydrogens is 387 g/mol. The van der Waals surface area contributed by atoms with Crippen LogP contribution in [0.15, 0.2) is 24.3 Å². The van der Waals surface area contributed by atoms with Gasteiger partial charge in [0.15, 0.2) is 0 Å². The highest BCUT2D eigenvalue weighted by Gasteiger charge is 2.44. The number of ether oxygens (including phenoxy) is 1. The monoisotopic (exact) mass is 414 g/mol. The quantitative estimate of drug-likeness (QED) is 0.789. The molecule has 1 aromatic carbocycles. The summed E-state index contributed by atoms with van der Waals surface area (Å²) in [6, 6.07) is 5.93. The number of aryl methyl sites for hydroxylation is 2. The molecule has 0 radical (unpaired) electrons. The Labute approximate surface area is 175 Å². The van der Waals surface area contributed by atoms with Gasteiger partial charge in [0.05, 0.1) is 30.4 Å². The number of hydrogen-bond donors (Lipinski definition) is 1. The summed E-state index contributed by atoms with van der Waals surface area (Å²) in [5.41, 5.74) is 2.44. The number of anilines is 1. The summed E-state index contributed by atoms with van der Waals surface area (Å²) >= 11 is 0. The number of nitrogens with one attached hydrogen (secondary N) is 1. The van der Waals surface area contributed by atoms with Crippen molar-refractivity contribution in [3.63, 3.8) is 0 Å². The Morgan fingerprint density at radius 1 is 1.27 bits per heavy atom. The van der Waals surface area contributed by atoms with Gasteiger partial charge in [-0.15, -0.1) is 0 Å². The number of benzene rings is 1. The third-order valence-electron chi connectivity index (χ3n) is 5.95. The van der Waals surface area contributed by atoms with Crippen molar-refractivity contribution in [2.24, 2.45) is 5.92 Å². The Morgan fingerprint density at radius 2 is 2.07 bits per heavy atom. The van der Waals surface area contributed by atoms with Gasteiger partial charge in [-0.2, -0.15) is 5.10 Å². The average Bonchev–Trinajstić information content (AvgIpc) is 3.40. The molecule has 2 bridgehead atoms. The minimum atomic E-state index is -0.563. The number of amides is 2. The lowest BCUT2D eigenvalue weighted by Crippen LogP contribution is -2.31. The van der Waals surface area contributed by atoms with Gasteiger partial charge < -0.3 is 15.0 Å². The van der Waals surface area contributed by atoms with E-state index < -0.39 is 5.82 Å². The van der Waals surface area contributed by atoms with Gasteiger partial charge in [-0.3, -0.25) is 14.3 Å². The Morgan fingerprint density at radius 3 is 2.70 bits per heavy atom. The SMILES string of the molecule is Cc1cc(C)n(CCN(C)C(=O)c2cc(F)cc(NC(=O)[C@@H]3C[C@@H]4CC[C@H]3O4)c2)n1. The predicted molar refractivity (Wildman–Crippen MR) is 110 cm³/mol. The predicted octanol–water partition coefficient (Wildman–Crippen LogP) is 2.92. The summed E-state index contributed by atoms with van der Waals surface area (Å²) in [6.45, 7) is 4.86. The lowest BCUT2D eigenvalue weighted by molar-refractivity contribution is -0.121. The normalized spacial score (nSPS) is 22.3. The first-order valence-electron chi connectivity index (χ1n) is 10.3. The van der Waals surface area contributed by atoms with E-state index in [1.165, 1.54) is 23.1 Å². The maximum absolute atomic E-state index is 14.2. The summed E-state index contributed by atoms with van der Waals surface area (Å²) in [4.78, 5) is 26.9. The average molecular weight is 414 g/mol. The van der Waals surface area contributed by atoms with Crippen molar-refractivity contribution in [2.45, 2.75) is 51.9 Å². The lowest BCUT2D eigenvalue weighted by Gasteiger charge is -2.20. The number of halogens is 1. The zero-order valence-electron chi connectivity index (χ0n) is 17.5. The van der Waals surface area contributed by atoms with E-state index >= 15 is 0 Å². The van der Waals surface area contributed by atoms with E-state index in [-0.39, 0.29) is 41.2 Å². The maximum atomic E-state index is 14.2. The van der Waals surface area contributed by atoms with Gasteiger partial charge in [-0.05, 0) is 57.4 Å². The first-order chi connectivity index (χ1) is 14.3. The van der Waals surface area contributed by atoms with Crippen molar-refractivity contribution < 1.29 is 18.7 Å². The van der Waals surface area contributed by atoms with E-state index in [0.717, 1.165) is 24.2 Å². The third kappa shape index (κ3) is 4.23. The Hall–Kier alpha value is -2.74. The van der Waals surface area contributed by atoms with Gasteiger partial charge in [0.2, 0.25) is 5.91 Å². The molecule has 3 heterocycles. The van der Waals surface area contributed by atoms with Gasteiger partial charge >= 0.3 is 0 Å². The van der Waals surface area contributed by atoms with E-state index in [4.69, 9.17) is 4.74 Å². The lowest BCUT2D eigenvalue weighted by atomic mass is 9.88. The number of likely N-dealkylation sites (N-methyl/N-ethyl adjacent to an activating group) is 1. The number of aromatic nitrogens is 2. The van der Waals surface area contributed by atoms with Crippen molar-refractivity contribution in [1.82, 2.24) is 14.7 Å². The van der Waals surface area contributed by atoms with Crippen LogP contribution in [0.2, 0.25) is 0 Å². The van der Waals surface area contributed by atoms with Gasteiger partial charge in [0.1, 0.15) is 5.82 Å². The molecule has 2 fully saturated rings. The minimum Gasteiger partial charge on any atom is -0.374 e. The molecule has 2 aromatic rings. The van der Waals surface area contributed by atoms with Crippen LogP contribution in [0.4, 0.5) is 10.1 Å². The highest BCUT2D eigenvalue weighted by atomic mass is 19.1. The van der Waals surface area contributed by atoms with Crippen LogP contribution in [-0.4, -0.2) is 52.3 Å². The fourth-order valence-electron chi connectivity index (χ4n) is 4.40. The number of rotatable bonds is 6. The van der Waals surface area contributed by atoms with Gasteiger partial charge in [0.25, 0.3) is 5.91 Å². The second-order valence-electron chi connectivity index (χ2n) is 8.31. The number of carbonyl (C=O) groups is 2. The second-order valence-corrected chi connectivity index (χ2v) is 8.31. The molecule has 2 amide bonds. The van der Waals surface area contributed by atoms with Crippen LogP contribution >= 0.6 is 0 Å². The zero-order valence-corrected chi connectivity index (χ0v) is 17.5. The summed E-state index contributed by atoms with van der Waals surface area (Å²) in [6.07, 6.45) is 2.69. The topological polar surface area (TPSA) is 76.5 Å². The summed E-state index contributed by atoms with van der Waals surface area (Å²) in [7, 11) is 1.67. The fraction of sp³-hybridized carbons (Fsp3) is 0.500. The van der Waals surface area contributed by atoms with Crippen LogP contribution in [0.1, 0.15) is 41.0 Å². The number of fused-ring (bicyclic) bond motifs is 2. The van der Waals surface area contributed by atoms with Crippen LogP contribution in [0.3, 0.4) is 0 Å². The van der Waals surface area contributed by atoms with E-state index in [2.05, 4.69) is 10.4 Å². The van der Waals surface area contributed by atoms with Crippen molar-refractivity contribution in [1.29, 1.82) is 0 Å².